The van der Waals surface area contributed by atoms with E-state index in [1.54, 1.807) is 7.11 Å². The van der Waals surface area contributed by atoms with Crippen LogP contribution in [0.3, 0.4) is 0 Å². The van der Waals surface area contributed by atoms with Crippen molar-refractivity contribution >= 4 is 23.3 Å². The lowest BCUT2D eigenvalue weighted by Gasteiger charge is -2.12. The first kappa shape index (κ1) is 9.90. The number of aromatic nitrogens is 2. The van der Waals surface area contributed by atoms with Gasteiger partial charge in [0.2, 0.25) is 0 Å². The van der Waals surface area contributed by atoms with E-state index in [2.05, 4.69) is 22.5 Å². The molecule has 0 unspecified atom stereocenters. The molecular formula is C12H14N2OS. The zero-order valence-electron chi connectivity index (χ0n) is 9.41. The number of aromatic amines is 1. The van der Waals surface area contributed by atoms with E-state index in [9.17, 15) is 0 Å². The van der Waals surface area contributed by atoms with Crippen LogP contribution in [0, 0.1) is 4.77 Å². The highest BCUT2D eigenvalue weighted by Crippen LogP contribution is 2.45. The highest BCUT2D eigenvalue weighted by Gasteiger charge is 2.40. The molecule has 1 heterocycles. The van der Waals surface area contributed by atoms with E-state index >= 15 is 0 Å². The number of hydrogen-bond acceptors (Lipinski definition) is 2. The number of rotatable bonds is 2. The lowest BCUT2D eigenvalue weighted by molar-refractivity contribution is 0.419. The van der Waals surface area contributed by atoms with Gasteiger partial charge in [0.05, 0.1) is 12.6 Å². The van der Waals surface area contributed by atoms with E-state index in [1.165, 1.54) is 12.8 Å². The van der Waals surface area contributed by atoms with Crippen LogP contribution in [0.5, 0.6) is 5.75 Å². The minimum atomic E-state index is 0.210. The van der Waals surface area contributed by atoms with Crippen LogP contribution in [0.2, 0.25) is 0 Å². The van der Waals surface area contributed by atoms with Crippen molar-refractivity contribution in [2.75, 3.05) is 7.11 Å². The summed E-state index contributed by atoms with van der Waals surface area (Å²) in [6.07, 6.45) is 2.40. The van der Waals surface area contributed by atoms with Crippen LogP contribution in [0.15, 0.2) is 18.2 Å². The number of para-hydroxylation sites is 1. The second-order valence-electron chi connectivity index (χ2n) is 4.62. The Morgan fingerprint density at radius 2 is 2.19 bits per heavy atom. The van der Waals surface area contributed by atoms with Crippen molar-refractivity contribution in [3.05, 3.63) is 23.0 Å². The van der Waals surface area contributed by atoms with Crippen LogP contribution < -0.4 is 4.74 Å². The molecule has 3 rings (SSSR count). The molecule has 1 aliphatic rings. The third-order valence-corrected chi connectivity index (χ3v) is 3.70. The average Bonchev–Trinajstić information content (AvgIpc) is 2.90. The molecule has 16 heavy (non-hydrogen) atoms. The van der Waals surface area contributed by atoms with Gasteiger partial charge >= 0.3 is 0 Å². The Bertz CT molecular complexity index is 607. The number of hydrogen-bond donors (Lipinski definition) is 1. The summed E-state index contributed by atoms with van der Waals surface area (Å²) in [6, 6.07) is 6.05. The highest BCUT2D eigenvalue weighted by atomic mass is 32.1. The molecule has 0 radical (unpaired) electrons. The Kier molecular flexibility index (Phi) is 1.92. The standard InChI is InChI=1S/C12H14N2OS/c1-12(6-7-12)14-8-4-3-5-9(15-2)10(8)13-11(14)16/h3-5H,6-7H2,1-2H3,(H,13,16). The van der Waals surface area contributed by atoms with Crippen molar-refractivity contribution < 1.29 is 4.74 Å². The molecule has 0 spiro atoms. The van der Waals surface area contributed by atoms with Gasteiger partial charge in [0, 0.05) is 5.54 Å². The summed E-state index contributed by atoms with van der Waals surface area (Å²) in [5.41, 5.74) is 2.36. The van der Waals surface area contributed by atoms with E-state index in [0.717, 1.165) is 21.6 Å². The number of ether oxygens (including phenoxy) is 1. The quantitative estimate of drug-likeness (QED) is 0.809. The molecule has 84 valence electrons. The first-order valence-electron chi connectivity index (χ1n) is 5.44. The Hall–Kier alpha value is -1.29. The normalized spacial score (nSPS) is 17.6. The first-order valence-corrected chi connectivity index (χ1v) is 5.85. The third kappa shape index (κ3) is 1.23. The summed E-state index contributed by atoms with van der Waals surface area (Å²) in [5.74, 6) is 0.853. The fourth-order valence-electron chi connectivity index (χ4n) is 2.21. The Morgan fingerprint density at radius 1 is 1.44 bits per heavy atom. The molecule has 1 fully saturated rings. The van der Waals surface area contributed by atoms with Gasteiger partial charge in [-0.3, -0.25) is 0 Å². The van der Waals surface area contributed by atoms with E-state index in [-0.39, 0.29) is 5.54 Å². The Labute approximate surface area is 99.0 Å². The highest BCUT2D eigenvalue weighted by molar-refractivity contribution is 7.71. The summed E-state index contributed by atoms with van der Waals surface area (Å²) in [7, 11) is 1.68. The SMILES string of the molecule is COc1cccc2c1[nH]c(=S)n2C1(C)CC1. The van der Waals surface area contributed by atoms with E-state index in [4.69, 9.17) is 17.0 Å². The molecule has 1 N–H and O–H groups in total. The lowest BCUT2D eigenvalue weighted by Crippen LogP contribution is -2.11. The summed E-state index contributed by atoms with van der Waals surface area (Å²) < 4.78 is 8.35. The van der Waals surface area contributed by atoms with Gasteiger partial charge in [-0.05, 0) is 44.1 Å². The number of H-pyrrole nitrogens is 1. The molecule has 0 bridgehead atoms. The van der Waals surface area contributed by atoms with Gasteiger partial charge in [-0.15, -0.1) is 0 Å². The second-order valence-corrected chi connectivity index (χ2v) is 5.00. The van der Waals surface area contributed by atoms with Gasteiger partial charge in [-0.25, -0.2) is 0 Å². The Morgan fingerprint density at radius 3 is 2.81 bits per heavy atom. The Balaban J connectivity index is 2.38. The minimum Gasteiger partial charge on any atom is -0.494 e. The van der Waals surface area contributed by atoms with Crippen molar-refractivity contribution in [2.24, 2.45) is 0 Å². The smallest absolute Gasteiger partial charge is 0.178 e. The molecule has 0 aliphatic heterocycles. The number of benzene rings is 1. The fourth-order valence-corrected chi connectivity index (χ4v) is 2.64. The van der Waals surface area contributed by atoms with Gasteiger partial charge in [0.15, 0.2) is 4.77 Å². The largest absolute Gasteiger partial charge is 0.494 e. The van der Waals surface area contributed by atoms with Gasteiger partial charge in [0.1, 0.15) is 11.3 Å². The van der Waals surface area contributed by atoms with Crippen LogP contribution in [-0.2, 0) is 5.54 Å². The summed E-state index contributed by atoms with van der Waals surface area (Å²) in [5, 5.41) is 0. The molecule has 1 aliphatic carbocycles. The van der Waals surface area contributed by atoms with Crippen LogP contribution in [0.4, 0.5) is 0 Å². The minimum absolute atomic E-state index is 0.210. The maximum atomic E-state index is 5.40. The molecule has 0 saturated heterocycles. The van der Waals surface area contributed by atoms with Crippen molar-refractivity contribution in [1.29, 1.82) is 0 Å². The molecule has 1 saturated carbocycles. The van der Waals surface area contributed by atoms with Crippen LogP contribution in [0.1, 0.15) is 19.8 Å². The van der Waals surface area contributed by atoms with Crippen molar-refractivity contribution in [2.45, 2.75) is 25.3 Å². The summed E-state index contributed by atoms with van der Waals surface area (Å²) >= 11 is 5.40. The predicted octanol–water partition coefficient (Wildman–Crippen LogP) is 3.22. The van der Waals surface area contributed by atoms with Gasteiger partial charge in [0.25, 0.3) is 0 Å². The number of nitrogens with one attached hydrogen (secondary N) is 1. The van der Waals surface area contributed by atoms with Gasteiger partial charge in [-0.1, -0.05) is 6.07 Å². The zero-order chi connectivity index (χ0) is 11.3. The van der Waals surface area contributed by atoms with Crippen LogP contribution in [-0.4, -0.2) is 16.7 Å². The van der Waals surface area contributed by atoms with Gasteiger partial charge in [-0.2, -0.15) is 0 Å². The van der Waals surface area contributed by atoms with Crippen molar-refractivity contribution in [1.82, 2.24) is 9.55 Å². The van der Waals surface area contributed by atoms with Gasteiger partial charge < -0.3 is 14.3 Å². The van der Waals surface area contributed by atoms with Crippen LogP contribution >= 0.6 is 12.2 Å². The van der Waals surface area contributed by atoms with E-state index < -0.39 is 0 Å². The maximum Gasteiger partial charge on any atom is 0.178 e. The van der Waals surface area contributed by atoms with Crippen LogP contribution in [0.25, 0.3) is 11.0 Å². The number of imidazole rings is 1. The number of methoxy groups -OCH3 is 1. The van der Waals surface area contributed by atoms with E-state index in [1.807, 2.05) is 12.1 Å². The summed E-state index contributed by atoms with van der Waals surface area (Å²) in [6.45, 7) is 2.25. The monoisotopic (exact) mass is 234 g/mol. The lowest BCUT2D eigenvalue weighted by atomic mass is 10.2. The van der Waals surface area contributed by atoms with E-state index in [0.29, 0.717) is 0 Å². The number of fused-ring (bicyclic) bond motifs is 1. The molecule has 1 aromatic carbocycles. The first-order chi connectivity index (χ1) is 7.65. The second kappa shape index (κ2) is 3.10. The molecule has 0 atom stereocenters. The van der Waals surface area contributed by atoms with Crippen molar-refractivity contribution in [3.8, 4) is 5.75 Å². The molecule has 3 nitrogen and oxygen atoms in total. The van der Waals surface area contributed by atoms with Crippen molar-refractivity contribution in [3.63, 3.8) is 0 Å². The average molecular weight is 234 g/mol. The zero-order valence-corrected chi connectivity index (χ0v) is 10.2. The molecule has 2 aromatic rings. The molecule has 4 heteroatoms. The topological polar surface area (TPSA) is 29.9 Å². The maximum absolute atomic E-state index is 5.40. The summed E-state index contributed by atoms with van der Waals surface area (Å²) in [4.78, 5) is 3.25. The molecule has 1 aromatic heterocycles. The predicted molar refractivity (Wildman–Crippen MR) is 66.6 cm³/mol. The third-order valence-electron chi connectivity index (χ3n) is 3.41. The molecular weight excluding hydrogens is 220 g/mol. The number of nitrogens with zero attached hydrogens (tertiary/aromatic N) is 1. The molecule has 0 amide bonds. The fraction of sp³-hybridized carbons (Fsp3) is 0.417.